The number of halogens is 1. The number of hydrogen-bond donors (Lipinski definition) is 2. The molecule has 0 spiro atoms. The average molecular weight is 476 g/mol. The Morgan fingerprint density at radius 3 is 2.82 bits per heavy atom. The van der Waals surface area contributed by atoms with Gasteiger partial charge in [0, 0.05) is 30.9 Å². The van der Waals surface area contributed by atoms with Gasteiger partial charge in [0.05, 0.1) is 29.4 Å². The Morgan fingerprint density at radius 2 is 2.09 bits per heavy atom. The lowest BCUT2D eigenvalue weighted by molar-refractivity contribution is -0.122. The van der Waals surface area contributed by atoms with Crippen molar-refractivity contribution in [2.45, 2.75) is 46.2 Å². The van der Waals surface area contributed by atoms with Crippen LogP contribution in [0.5, 0.6) is 5.75 Å². The van der Waals surface area contributed by atoms with Gasteiger partial charge >= 0.3 is 0 Å². The number of rotatable bonds is 2. The minimum absolute atomic E-state index is 0.0710. The van der Waals surface area contributed by atoms with Crippen LogP contribution in [0.25, 0.3) is 0 Å². The molecule has 2 N–H and O–H groups in total. The molecule has 3 amide bonds. The molecule has 1 aliphatic rings. The largest absolute Gasteiger partial charge is 0.491 e. The molecule has 1 atom stereocenters. The van der Waals surface area contributed by atoms with Crippen molar-refractivity contribution in [2.75, 3.05) is 26.2 Å². The predicted octanol–water partition coefficient (Wildman–Crippen LogP) is 2.41. The van der Waals surface area contributed by atoms with E-state index >= 15 is 0 Å². The predicted molar refractivity (Wildman–Crippen MR) is 125 cm³/mol. The van der Waals surface area contributed by atoms with E-state index in [9.17, 15) is 14.4 Å². The van der Waals surface area contributed by atoms with E-state index in [0.29, 0.717) is 60.1 Å². The van der Waals surface area contributed by atoms with Gasteiger partial charge in [0.25, 0.3) is 11.8 Å². The van der Waals surface area contributed by atoms with E-state index in [1.807, 2.05) is 6.92 Å². The molecular weight excluding hydrogens is 446 g/mol. The van der Waals surface area contributed by atoms with Crippen molar-refractivity contribution < 1.29 is 19.1 Å². The number of aryl methyl sites for hydroxylation is 2. The number of amides is 3. The fourth-order valence-electron chi connectivity index (χ4n) is 3.59. The first-order chi connectivity index (χ1) is 15.8. The number of carbonyl (C=O) groups excluding carboxylic acids is 3. The summed E-state index contributed by atoms with van der Waals surface area (Å²) in [5, 5.41) is 10.5. The minimum atomic E-state index is -0.337. The SMILES string of the molecule is CCn1cc(C(=O)N2CCCCNC(=O)c3cc(Cl)ccc3OC[C@H](C)NC(=O)C2)c(C)n1. The van der Waals surface area contributed by atoms with Crippen molar-refractivity contribution in [3.8, 4) is 5.75 Å². The molecule has 0 saturated carbocycles. The summed E-state index contributed by atoms with van der Waals surface area (Å²) in [5.41, 5.74) is 1.46. The lowest BCUT2D eigenvalue weighted by Gasteiger charge is -2.23. The highest BCUT2D eigenvalue weighted by Crippen LogP contribution is 2.23. The number of nitrogens with one attached hydrogen (secondary N) is 2. The molecule has 178 valence electrons. The minimum Gasteiger partial charge on any atom is -0.491 e. The smallest absolute Gasteiger partial charge is 0.257 e. The van der Waals surface area contributed by atoms with Crippen LogP contribution in [0, 0.1) is 6.92 Å². The Kier molecular flexibility index (Phi) is 8.32. The first-order valence-electron chi connectivity index (χ1n) is 11.1. The van der Waals surface area contributed by atoms with Crippen LogP contribution >= 0.6 is 11.6 Å². The van der Waals surface area contributed by atoms with Gasteiger partial charge in [0.1, 0.15) is 12.4 Å². The standard InChI is InChI=1S/C23H30ClN5O4/c1-4-29-12-19(16(3)27-29)23(32)28-10-6-5-9-25-22(31)18-11-17(24)7-8-20(18)33-14-15(2)26-21(30)13-28/h7-8,11-12,15H,4-6,9-10,13-14H2,1-3H3,(H,25,31)(H,26,30)/t15-/m0/s1. The lowest BCUT2D eigenvalue weighted by Crippen LogP contribution is -2.45. The van der Waals surface area contributed by atoms with Crippen molar-refractivity contribution in [1.29, 1.82) is 0 Å². The number of carbonyl (C=O) groups is 3. The molecule has 1 aromatic heterocycles. The Labute approximate surface area is 198 Å². The van der Waals surface area contributed by atoms with E-state index < -0.39 is 0 Å². The van der Waals surface area contributed by atoms with Gasteiger partial charge in [-0.1, -0.05) is 11.6 Å². The van der Waals surface area contributed by atoms with Crippen LogP contribution in [0.2, 0.25) is 5.02 Å². The van der Waals surface area contributed by atoms with Gasteiger partial charge in [0.2, 0.25) is 5.91 Å². The number of ether oxygens (including phenoxy) is 1. The molecule has 0 fully saturated rings. The van der Waals surface area contributed by atoms with Crippen LogP contribution in [0.15, 0.2) is 24.4 Å². The van der Waals surface area contributed by atoms with E-state index in [0.717, 1.165) is 0 Å². The topological polar surface area (TPSA) is 106 Å². The van der Waals surface area contributed by atoms with E-state index in [1.54, 1.807) is 42.9 Å². The Hall–Kier alpha value is -3.07. The summed E-state index contributed by atoms with van der Waals surface area (Å²) in [6.07, 6.45) is 2.97. The second-order valence-electron chi connectivity index (χ2n) is 8.09. The maximum absolute atomic E-state index is 13.2. The summed E-state index contributed by atoms with van der Waals surface area (Å²) in [6, 6.07) is 4.52. The van der Waals surface area contributed by atoms with Crippen LogP contribution in [-0.4, -0.2) is 64.7 Å². The molecule has 10 heteroatoms. The molecular formula is C23H30ClN5O4. The highest BCUT2D eigenvalue weighted by Gasteiger charge is 2.23. The average Bonchev–Trinajstić information content (AvgIpc) is 3.16. The normalized spacial score (nSPS) is 18.3. The first-order valence-corrected chi connectivity index (χ1v) is 11.5. The maximum Gasteiger partial charge on any atom is 0.257 e. The van der Waals surface area contributed by atoms with Crippen molar-refractivity contribution in [3.05, 3.63) is 46.2 Å². The summed E-state index contributed by atoms with van der Waals surface area (Å²) in [6.45, 7) is 7.07. The third kappa shape index (κ3) is 6.47. The molecule has 33 heavy (non-hydrogen) atoms. The summed E-state index contributed by atoms with van der Waals surface area (Å²) in [4.78, 5) is 40.1. The van der Waals surface area contributed by atoms with Crippen molar-refractivity contribution in [3.63, 3.8) is 0 Å². The first kappa shape index (κ1) is 24.6. The van der Waals surface area contributed by atoms with Gasteiger partial charge in [-0.15, -0.1) is 0 Å². The van der Waals surface area contributed by atoms with Gasteiger partial charge in [-0.3, -0.25) is 19.1 Å². The Bertz CT molecular complexity index is 1020. The van der Waals surface area contributed by atoms with Crippen LogP contribution < -0.4 is 15.4 Å². The van der Waals surface area contributed by atoms with Gasteiger partial charge in [-0.05, 0) is 51.8 Å². The van der Waals surface area contributed by atoms with Crippen LogP contribution in [0.4, 0.5) is 0 Å². The van der Waals surface area contributed by atoms with E-state index in [1.165, 1.54) is 4.90 Å². The number of aromatic nitrogens is 2. The molecule has 0 aliphatic carbocycles. The second kappa shape index (κ2) is 11.2. The molecule has 2 aromatic rings. The summed E-state index contributed by atoms with van der Waals surface area (Å²) >= 11 is 6.07. The molecule has 0 saturated heterocycles. The van der Waals surface area contributed by atoms with Gasteiger partial charge < -0.3 is 20.3 Å². The molecule has 0 unspecified atom stereocenters. The number of fused-ring (bicyclic) bond motifs is 1. The number of benzene rings is 1. The Morgan fingerprint density at radius 1 is 1.30 bits per heavy atom. The third-order valence-corrected chi connectivity index (χ3v) is 5.58. The molecule has 9 nitrogen and oxygen atoms in total. The second-order valence-corrected chi connectivity index (χ2v) is 8.53. The zero-order valence-corrected chi connectivity index (χ0v) is 19.9. The van der Waals surface area contributed by atoms with Gasteiger partial charge in [-0.2, -0.15) is 5.10 Å². The van der Waals surface area contributed by atoms with E-state index in [4.69, 9.17) is 16.3 Å². The van der Waals surface area contributed by atoms with E-state index in [-0.39, 0.29) is 36.9 Å². The zero-order valence-electron chi connectivity index (χ0n) is 19.2. The molecule has 3 rings (SSSR count). The fourth-order valence-corrected chi connectivity index (χ4v) is 3.77. The van der Waals surface area contributed by atoms with Gasteiger partial charge in [-0.25, -0.2) is 0 Å². The van der Waals surface area contributed by atoms with Crippen molar-refractivity contribution >= 4 is 29.3 Å². The molecule has 1 aromatic carbocycles. The molecule has 0 bridgehead atoms. The molecule has 0 radical (unpaired) electrons. The van der Waals surface area contributed by atoms with E-state index in [2.05, 4.69) is 15.7 Å². The van der Waals surface area contributed by atoms with Crippen LogP contribution in [0.1, 0.15) is 53.1 Å². The van der Waals surface area contributed by atoms with Crippen LogP contribution in [0.3, 0.4) is 0 Å². The van der Waals surface area contributed by atoms with Crippen LogP contribution in [-0.2, 0) is 11.3 Å². The third-order valence-electron chi connectivity index (χ3n) is 5.35. The fraction of sp³-hybridized carbons (Fsp3) is 0.478. The number of nitrogens with zero attached hydrogens (tertiary/aromatic N) is 3. The summed E-state index contributed by atoms with van der Waals surface area (Å²) in [7, 11) is 0. The molecule has 1 aliphatic heterocycles. The Balaban J connectivity index is 1.77. The maximum atomic E-state index is 13.2. The quantitative estimate of drug-likeness (QED) is 0.693. The molecule has 2 heterocycles. The highest BCUT2D eigenvalue weighted by molar-refractivity contribution is 6.31. The highest BCUT2D eigenvalue weighted by atomic mass is 35.5. The lowest BCUT2D eigenvalue weighted by atomic mass is 10.1. The summed E-state index contributed by atoms with van der Waals surface area (Å²) in [5.74, 6) is -0.398. The number of hydrogen-bond acceptors (Lipinski definition) is 5. The van der Waals surface area contributed by atoms with Crippen molar-refractivity contribution in [1.82, 2.24) is 25.3 Å². The zero-order chi connectivity index (χ0) is 24.0. The monoisotopic (exact) mass is 475 g/mol. The van der Waals surface area contributed by atoms with Crippen molar-refractivity contribution in [2.24, 2.45) is 0 Å². The summed E-state index contributed by atoms with van der Waals surface area (Å²) < 4.78 is 7.50. The van der Waals surface area contributed by atoms with Gasteiger partial charge in [0.15, 0.2) is 0 Å².